The summed E-state index contributed by atoms with van der Waals surface area (Å²) < 4.78 is 0. The van der Waals surface area contributed by atoms with E-state index in [4.69, 9.17) is 0 Å². The molecule has 3 nitrogen and oxygen atoms in total. The van der Waals surface area contributed by atoms with Crippen LogP contribution in [-0.2, 0) is 9.59 Å². The summed E-state index contributed by atoms with van der Waals surface area (Å²) in [7, 11) is 3.32. The summed E-state index contributed by atoms with van der Waals surface area (Å²) in [6, 6.07) is 0. The summed E-state index contributed by atoms with van der Waals surface area (Å²) in [5.74, 6) is -0.675. The van der Waals surface area contributed by atoms with E-state index in [9.17, 15) is 9.59 Å². The number of hydrogen-bond donors (Lipinski definition) is 0. The van der Waals surface area contributed by atoms with Crippen molar-refractivity contribution in [3.63, 3.8) is 0 Å². The Labute approximate surface area is 73.7 Å². The van der Waals surface area contributed by atoms with Crippen molar-refractivity contribution in [2.24, 2.45) is 11.8 Å². The zero-order chi connectivity index (χ0) is 9.89. The first kappa shape index (κ1) is 11.1. The van der Waals surface area contributed by atoms with Crippen LogP contribution in [-0.4, -0.2) is 30.7 Å². The Balaban J connectivity index is 4.30. The highest BCUT2D eigenvalue weighted by Gasteiger charge is 2.24. The molecule has 0 bridgehead atoms. The van der Waals surface area contributed by atoms with Crippen molar-refractivity contribution < 1.29 is 9.59 Å². The fourth-order valence-corrected chi connectivity index (χ4v) is 1.01. The number of nitrogens with zero attached hydrogens (tertiary/aromatic N) is 1. The summed E-state index contributed by atoms with van der Waals surface area (Å²) in [5.41, 5.74) is 0. The van der Waals surface area contributed by atoms with E-state index in [1.165, 1.54) is 4.90 Å². The average molecular weight is 171 g/mol. The third kappa shape index (κ3) is 2.64. The van der Waals surface area contributed by atoms with Crippen LogP contribution in [0.5, 0.6) is 0 Å². The summed E-state index contributed by atoms with van der Waals surface area (Å²) in [5, 5.41) is 0. The van der Waals surface area contributed by atoms with Gasteiger partial charge < -0.3 is 4.90 Å². The van der Waals surface area contributed by atoms with E-state index < -0.39 is 5.92 Å². The van der Waals surface area contributed by atoms with Crippen molar-refractivity contribution in [3.05, 3.63) is 0 Å². The van der Waals surface area contributed by atoms with Crippen LogP contribution in [0.1, 0.15) is 20.8 Å². The molecule has 0 heterocycles. The van der Waals surface area contributed by atoms with E-state index >= 15 is 0 Å². The van der Waals surface area contributed by atoms with Crippen molar-refractivity contribution in [2.75, 3.05) is 14.1 Å². The molecule has 0 aliphatic heterocycles. The first-order valence-electron chi connectivity index (χ1n) is 4.12. The summed E-state index contributed by atoms with van der Waals surface area (Å²) in [6.07, 6.45) is 0. The van der Waals surface area contributed by atoms with Gasteiger partial charge in [-0.2, -0.15) is 0 Å². The number of rotatable bonds is 3. The second-order valence-electron chi connectivity index (χ2n) is 3.51. The van der Waals surface area contributed by atoms with Gasteiger partial charge in [0.1, 0.15) is 5.78 Å². The van der Waals surface area contributed by atoms with Crippen molar-refractivity contribution in [3.8, 4) is 0 Å². The minimum absolute atomic E-state index is 0.00806. The van der Waals surface area contributed by atoms with Crippen molar-refractivity contribution >= 4 is 11.7 Å². The minimum Gasteiger partial charge on any atom is -0.348 e. The normalized spacial score (nSPS) is 12.8. The van der Waals surface area contributed by atoms with Gasteiger partial charge in [-0.3, -0.25) is 9.59 Å². The Hall–Kier alpha value is -0.860. The number of ketones is 1. The molecular formula is C9H17NO2. The molecule has 0 aromatic carbocycles. The molecule has 0 aliphatic carbocycles. The van der Waals surface area contributed by atoms with Gasteiger partial charge >= 0.3 is 0 Å². The highest BCUT2D eigenvalue weighted by molar-refractivity contribution is 6.01. The summed E-state index contributed by atoms with van der Waals surface area (Å²) >= 11 is 0. The van der Waals surface area contributed by atoms with Crippen LogP contribution >= 0.6 is 0 Å². The molecule has 70 valence electrons. The molecule has 0 rings (SSSR count). The molecule has 0 N–H and O–H groups in total. The lowest BCUT2D eigenvalue weighted by molar-refractivity contribution is -0.139. The number of hydrogen-bond acceptors (Lipinski definition) is 2. The second-order valence-corrected chi connectivity index (χ2v) is 3.51. The highest BCUT2D eigenvalue weighted by atomic mass is 16.2. The maximum atomic E-state index is 11.3. The lowest BCUT2D eigenvalue weighted by atomic mass is 9.96. The number of Topliss-reactive ketones (excluding diaryl/α,β-unsaturated/α-hetero) is 1. The van der Waals surface area contributed by atoms with E-state index in [0.717, 1.165) is 0 Å². The van der Waals surface area contributed by atoms with E-state index in [1.54, 1.807) is 21.0 Å². The third-order valence-electron chi connectivity index (χ3n) is 1.81. The molecular weight excluding hydrogens is 154 g/mol. The lowest BCUT2D eigenvalue weighted by Gasteiger charge is -2.17. The Morgan fingerprint density at radius 3 is 1.75 bits per heavy atom. The fourth-order valence-electron chi connectivity index (χ4n) is 1.01. The standard InChI is InChI=1S/C9H17NO2/c1-6(2)8(11)7(3)9(12)10(4)5/h6-7H,1-5H3. The molecule has 1 atom stereocenters. The quantitative estimate of drug-likeness (QED) is 0.592. The van der Waals surface area contributed by atoms with Crippen molar-refractivity contribution in [1.82, 2.24) is 4.90 Å². The smallest absolute Gasteiger partial charge is 0.232 e. The first-order valence-corrected chi connectivity index (χ1v) is 4.12. The Kier molecular flexibility index (Phi) is 3.93. The maximum Gasteiger partial charge on any atom is 0.232 e. The SMILES string of the molecule is CC(C)C(=O)C(C)C(=O)N(C)C. The molecule has 12 heavy (non-hydrogen) atoms. The van der Waals surface area contributed by atoms with Gasteiger partial charge in [0, 0.05) is 20.0 Å². The third-order valence-corrected chi connectivity index (χ3v) is 1.81. The van der Waals surface area contributed by atoms with Crippen LogP contribution in [0.15, 0.2) is 0 Å². The predicted molar refractivity (Wildman–Crippen MR) is 47.7 cm³/mol. The molecule has 0 saturated carbocycles. The molecule has 1 unspecified atom stereocenters. The Morgan fingerprint density at radius 1 is 1.08 bits per heavy atom. The summed E-state index contributed by atoms with van der Waals surface area (Å²) in [6.45, 7) is 5.27. The molecule has 0 aromatic rings. The second kappa shape index (κ2) is 4.24. The zero-order valence-electron chi connectivity index (χ0n) is 8.42. The van der Waals surface area contributed by atoms with Crippen LogP contribution in [0, 0.1) is 11.8 Å². The Bertz CT molecular complexity index is 165. The molecule has 0 spiro atoms. The van der Waals surface area contributed by atoms with Crippen LogP contribution in [0.3, 0.4) is 0 Å². The van der Waals surface area contributed by atoms with E-state index in [0.29, 0.717) is 0 Å². The maximum absolute atomic E-state index is 11.3. The minimum atomic E-state index is -0.500. The van der Waals surface area contributed by atoms with Crippen LogP contribution < -0.4 is 0 Å². The van der Waals surface area contributed by atoms with Crippen LogP contribution in [0.2, 0.25) is 0 Å². The number of amides is 1. The Morgan fingerprint density at radius 2 is 1.50 bits per heavy atom. The zero-order valence-corrected chi connectivity index (χ0v) is 8.42. The van der Waals surface area contributed by atoms with E-state index in [2.05, 4.69) is 0 Å². The average Bonchev–Trinajstić information content (AvgIpc) is 2.00. The van der Waals surface area contributed by atoms with Gasteiger partial charge in [0.05, 0.1) is 5.92 Å². The van der Waals surface area contributed by atoms with Gasteiger partial charge in [-0.25, -0.2) is 0 Å². The molecule has 0 aromatic heterocycles. The van der Waals surface area contributed by atoms with Gasteiger partial charge in [0.15, 0.2) is 0 Å². The molecule has 0 saturated heterocycles. The van der Waals surface area contributed by atoms with Crippen LogP contribution in [0.25, 0.3) is 0 Å². The van der Waals surface area contributed by atoms with Crippen LogP contribution in [0.4, 0.5) is 0 Å². The largest absolute Gasteiger partial charge is 0.348 e. The van der Waals surface area contributed by atoms with Crippen molar-refractivity contribution in [1.29, 1.82) is 0 Å². The van der Waals surface area contributed by atoms with Crippen molar-refractivity contribution in [2.45, 2.75) is 20.8 Å². The molecule has 0 aliphatic rings. The molecule has 0 radical (unpaired) electrons. The van der Waals surface area contributed by atoms with Gasteiger partial charge in [0.2, 0.25) is 5.91 Å². The van der Waals surface area contributed by atoms with E-state index in [1.807, 2.05) is 13.8 Å². The number of carbonyl (C=O) groups excluding carboxylic acids is 2. The summed E-state index contributed by atoms with van der Waals surface area (Å²) in [4.78, 5) is 24.1. The molecule has 3 heteroatoms. The monoisotopic (exact) mass is 171 g/mol. The first-order chi connectivity index (χ1) is 5.37. The number of carbonyl (C=O) groups is 2. The predicted octanol–water partition coefficient (Wildman–Crippen LogP) is 0.936. The van der Waals surface area contributed by atoms with E-state index in [-0.39, 0.29) is 17.6 Å². The van der Waals surface area contributed by atoms with Gasteiger partial charge in [-0.05, 0) is 6.92 Å². The lowest BCUT2D eigenvalue weighted by Crippen LogP contribution is -2.34. The topological polar surface area (TPSA) is 37.4 Å². The molecule has 1 amide bonds. The van der Waals surface area contributed by atoms with Gasteiger partial charge in [0.25, 0.3) is 0 Å². The highest BCUT2D eigenvalue weighted by Crippen LogP contribution is 2.08. The molecule has 0 fully saturated rings. The van der Waals surface area contributed by atoms with Gasteiger partial charge in [-0.1, -0.05) is 13.8 Å². The van der Waals surface area contributed by atoms with Gasteiger partial charge in [-0.15, -0.1) is 0 Å². The fraction of sp³-hybridized carbons (Fsp3) is 0.778.